The van der Waals surface area contributed by atoms with Gasteiger partial charge in [0, 0.05) is 31.6 Å². The first-order valence-corrected chi connectivity index (χ1v) is 11.6. The van der Waals surface area contributed by atoms with Crippen molar-refractivity contribution in [2.75, 3.05) is 38.5 Å². The normalized spacial score (nSPS) is 21.4. The van der Waals surface area contributed by atoms with E-state index in [4.69, 9.17) is 0 Å². The minimum Gasteiger partial charge on any atom is -0.339 e. The lowest BCUT2D eigenvalue weighted by Gasteiger charge is -2.39. The van der Waals surface area contributed by atoms with Crippen LogP contribution in [0.2, 0.25) is 0 Å². The molecule has 146 valence electrons. The number of piperidine rings is 2. The summed E-state index contributed by atoms with van der Waals surface area (Å²) in [5, 5.41) is 3.36. The second-order valence-corrected chi connectivity index (χ2v) is 9.44. The molecule has 7 heteroatoms. The fourth-order valence-corrected chi connectivity index (χ4v) is 5.58. The molecular weight excluding hydrogens is 338 g/mol. The van der Waals surface area contributed by atoms with Gasteiger partial charge in [-0.1, -0.05) is 20.3 Å². The summed E-state index contributed by atoms with van der Waals surface area (Å²) in [7, 11) is -3.15. The third-order valence-corrected chi connectivity index (χ3v) is 7.41. The van der Waals surface area contributed by atoms with E-state index in [0.717, 1.165) is 45.3 Å². The van der Waals surface area contributed by atoms with Gasteiger partial charge in [-0.05, 0) is 51.6 Å². The molecule has 0 aromatic heterocycles. The molecule has 0 aromatic rings. The highest BCUT2D eigenvalue weighted by molar-refractivity contribution is 7.89. The van der Waals surface area contributed by atoms with Gasteiger partial charge in [0.2, 0.25) is 15.9 Å². The van der Waals surface area contributed by atoms with E-state index in [9.17, 15) is 13.2 Å². The molecule has 2 fully saturated rings. The first-order chi connectivity index (χ1) is 12.0. The van der Waals surface area contributed by atoms with Crippen LogP contribution >= 0.6 is 0 Å². The fraction of sp³-hybridized carbons (Fsp3) is 0.944. The molecule has 2 rings (SSSR count). The number of hydrogen-bond donors (Lipinski definition) is 1. The molecule has 0 spiro atoms. The van der Waals surface area contributed by atoms with Gasteiger partial charge in [0.05, 0.1) is 5.75 Å². The molecule has 0 aliphatic carbocycles. The van der Waals surface area contributed by atoms with E-state index in [0.29, 0.717) is 38.4 Å². The van der Waals surface area contributed by atoms with Crippen molar-refractivity contribution in [3.8, 4) is 0 Å². The van der Waals surface area contributed by atoms with Gasteiger partial charge < -0.3 is 10.2 Å². The molecular formula is C18H35N3O3S. The van der Waals surface area contributed by atoms with Gasteiger partial charge in [-0.2, -0.15) is 0 Å². The van der Waals surface area contributed by atoms with Crippen molar-refractivity contribution in [2.24, 2.45) is 5.92 Å². The smallest absolute Gasteiger partial charge is 0.226 e. The molecule has 0 atom stereocenters. The third kappa shape index (κ3) is 5.66. The van der Waals surface area contributed by atoms with Crippen LogP contribution in [0.15, 0.2) is 0 Å². The van der Waals surface area contributed by atoms with E-state index in [1.807, 2.05) is 6.92 Å². The molecule has 0 saturated carbocycles. The summed E-state index contributed by atoms with van der Waals surface area (Å²) in [6.07, 6.45) is 5.94. The van der Waals surface area contributed by atoms with Crippen LogP contribution in [-0.2, 0) is 14.8 Å². The van der Waals surface area contributed by atoms with Gasteiger partial charge in [0.25, 0.3) is 0 Å². The minimum atomic E-state index is -3.15. The first kappa shape index (κ1) is 20.6. The van der Waals surface area contributed by atoms with E-state index in [1.54, 1.807) is 4.31 Å². The van der Waals surface area contributed by atoms with Crippen molar-refractivity contribution in [1.29, 1.82) is 0 Å². The summed E-state index contributed by atoms with van der Waals surface area (Å²) in [4.78, 5) is 15.1. The predicted octanol–water partition coefficient (Wildman–Crippen LogP) is 1.82. The molecule has 0 radical (unpaired) electrons. The Morgan fingerprint density at radius 2 is 1.72 bits per heavy atom. The number of sulfonamides is 1. The van der Waals surface area contributed by atoms with Crippen LogP contribution in [0.3, 0.4) is 0 Å². The minimum absolute atomic E-state index is 0.0148. The van der Waals surface area contributed by atoms with Gasteiger partial charge in [-0.25, -0.2) is 12.7 Å². The topological polar surface area (TPSA) is 69.7 Å². The van der Waals surface area contributed by atoms with Crippen LogP contribution < -0.4 is 5.32 Å². The second-order valence-electron chi connectivity index (χ2n) is 7.36. The van der Waals surface area contributed by atoms with Crippen LogP contribution in [0, 0.1) is 5.92 Å². The first-order valence-electron chi connectivity index (χ1n) is 9.98. The summed E-state index contributed by atoms with van der Waals surface area (Å²) in [6, 6.07) is 0.347. The second kappa shape index (κ2) is 9.88. The van der Waals surface area contributed by atoms with Crippen molar-refractivity contribution in [2.45, 2.75) is 64.8 Å². The fourth-order valence-electron chi connectivity index (χ4n) is 3.90. The van der Waals surface area contributed by atoms with Crippen molar-refractivity contribution in [3.05, 3.63) is 0 Å². The number of unbranched alkanes of at least 4 members (excludes halogenated alkanes) is 1. The van der Waals surface area contributed by atoms with Gasteiger partial charge in [0.15, 0.2) is 0 Å². The molecule has 1 N–H and O–H groups in total. The number of nitrogens with one attached hydrogen (secondary N) is 1. The standard InChI is InChI=1S/C18H35N3O3S/c1-3-5-15-25(23,24)20-13-8-16(9-14-20)18(22)21(12-4-2)17-6-10-19-11-7-17/h16-17,19H,3-15H2,1-2H3. The molecule has 0 aromatic carbocycles. The molecule has 0 unspecified atom stereocenters. The Balaban J connectivity index is 1.92. The highest BCUT2D eigenvalue weighted by Crippen LogP contribution is 2.25. The molecule has 2 saturated heterocycles. The molecule has 2 aliphatic rings. The SMILES string of the molecule is CCCCS(=O)(=O)N1CCC(C(=O)N(CCC)C2CCNCC2)CC1. The Labute approximate surface area is 153 Å². The number of carbonyl (C=O) groups is 1. The average Bonchev–Trinajstić information content (AvgIpc) is 2.65. The number of carbonyl (C=O) groups excluding carboxylic acids is 1. The van der Waals surface area contributed by atoms with E-state index in [-0.39, 0.29) is 17.6 Å². The Morgan fingerprint density at radius 1 is 1.08 bits per heavy atom. The van der Waals surface area contributed by atoms with Gasteiger partial charge in [-0.15, -0.1) is 0 Å². The lowest BCUT2D eigenvalue weighted by atomic mass is 9.94. The van der Waals surface area contributed by atoms with Crippen LogP contribution in [0.4, 0.5) is 0 Å². The predicted molar refractivity (Wildman–Crippen MR) is 101 cm³/mol. The molecule has 2 heterocycles. The summed E-state index contributed by atoms with van der Waals surface area (Å²) in [6.45, 7) is 7.88. The van der Waals surface area contributed by atoms with Crippen LogP contribution in [0.1, 0.15) is 58.8 Å². The highest BCUT2D eigenvalue weighted by atomic mass is 32.2. The number of rotatable bonds is 8. The van der Waals surface area contributed by atoms with Gasteiger partial charge in [0.1, 0.15) is 0 Å². The van der Waals surface area contributed by atoms with Crippen LogP contribution in [0.5, 0.6) is 0 Å². The zero-order valence-electron chi connectivity index (χ0n) is 15.9. The van der Waals surface area contributed by atoms with Crippen LogP contribution in [0.25, 0.3) is 0 Å². The van der Waals surface area contributed by atoms with E-state index in [1.165, 1.54) is 0 Å². The largest absolute Gasteiger partial charge is 0.339 e. The summed E-state index contributed by atoms with van der Waals surface area (Å²) in [5.41, 5.74) is 0. The van der Waals surface area contributed by atoms with Crippen LogP contribution in [-0.4, -0.2) is 68.0 Å². The Kier molecular flexibility index (Phi) is 8.16. The van der Waals surface area contributed by atoms with Crippen molar-refractivity contribution in [1.82, 2.24) is 14.5 Å². The van der Waals surface area contributed by atoms with E-state index >= 15 is 0 Å². The molecule has 1 amide bonds. The maximum Gasteiger partial charge on any atom is 0.226 e. The van der Waals surface area contributed by atoms with E-state index < -0.39 is 10.0 Å². The molecule has 0 bridgehead atoms. The third-order valence-electron chi connectivity index (χ3n) is 5.45. The Morgan fingerprint density at radius 3 is 2.28 bits per heavy atom. The summed E-state index contributed by atoms with van der Waals surface area (Å²) < 4.78 is 26.3. The summed E-state index contributed by atoms with van der Waals surface area (Å²) >= 11 is 0. The molecule has 25 heavy (non-hydrogen) atoms. The van der Waals surface area contributed by atoms with Crippen molar-refractivity contribution < 1.29 is 13.2 Å². The van der Waals surface area contributed by atoms with Crippen molar-refractivity contribution in [3.63, 3.8) is 0 Å². The van der Waals surface area contributed by atoms with Gasteiger partial charge in [-0.3, -0.25) is 4.79 Å². The lowest BCUT2D eigenvalue weighted by Crippen LogP contribution is -2.50. The maximum atomic E-state index is 13.1. The zero-order chi connectivity index (χ0) is 18.3. The Bertz CT molecular complexity index is 510. The zero-order valence-corrected chi connectivity index (χ0v) is 16.7. The average molecular weight is 374 g/mol. The summed E-state index contributed by atoms with van der Waals surface area (Å²) in [5.74, 6) is 0.470. The highest BCUT2D eigenvalue weighted by Gasteiger charge is 2.34. The van der Waals surface area contributed by atoms with Crippen molar-refractivity contribution >= 4 is 15.9 Å². The lowest BCUT2D eigenvalue weighted by molar-refractivity contribution is -0.139. The number of hydrogen-bond acceptors (Lipinski definition) is 4. The quantitative estimate of drug-likeness (QED) is 0.705. The van der Waals surface area contributed by atoms with Gasteiger partial charge >= 0.3 is 0 Å². The number of amides is 1. The van der Waals surface area contributed by atoms with E-state index in [2.05, 4.69) is 17.1 Å². The molecule has 2 aliphatic heterocycles. The maximum absolute atomic E-state index is 13.1. The number of nitrogens with zero attached hydrogens (tertiary/aromatic N) is 2. The Hall–Kier alpha value is -0.660. The molecule has 6 nitrogen and oxygen atoms in total. The monoisotopic (exact) mass is 373 g/mol.